The Hall–Kier alpha value is -3.38. The number of phenols is 2. The molecule has 2 aromatic rings. The Balaban J connectivity index is 1.66. The van der Waals surface area contributed by atoms with Crippen LogP contribution in [0.15, 0.2) is 36.4 Å². The van der Waals surface area contributed by atoms with Gasteiger partial charge in [0.15, 0.2) is 23.4 Å². The summed E-state index contributed by atoms with van der Waals surface area (Å²) in [6.07, 6.45) is -10.3. The number of aromatic hydroxyl groups is 2. The minimum absolute atomic E-state index is 0.0843. The normalized spacial score (nSPS) is 29.7. The van der Waals surface area contributed by atoms with Crippen molar-refractivity contribution < 1.29 is 54.4 Å². The first-order valence-corrected chi connectivity index (χ1v) is 9.62. The molecule has 2 aromatic carbocycles. The van der Waals surface area contributed by atoms with Crippen molar-refractivity contribution in [3.63, 3.8) is 0 Å². The second-order valence-corrected chi connectivity index (χ2v) is 7.44. The van der Waals surface area contributed by atoms with Gasteiger partial charge >= 0.3 is 5.97 Å². The summed E-state index contributed by atoms with van der Waals surface area (Å²) >= 11 is 0. The maximum atomic E-state index is 12.6. The first-order chi connectivity index (χ1) is 15.2. The van der Waals surface area contributed by atoms with Crippen LogP contribution in [0, 0.1) is 0 Å². The number of phenolic OH excluding ortho intramolecular Hbond substituents is 2. The largest absolute Gasteiger partial charge is 0.507 e. The lowest BCUT2D eigenvalue weighted by Gasteiger charge is -2.38. The molecule has 2 heterocycles. The van der Waals surface area contributed by atoms with Crippen molar-refractivity contribution in [2.45, 2.75) is 43.2 Å². The first-order valence-electron chi connectivity index (χ1n) is 9.62. The smallest absolute Gasteiger partial charge is 0.335 e. The molecule has 0 amide bonds. The van der Waals surface area contributed by atoms with E-state index < -0.39 is 65.8 Å². The Kier molecular flexibility index (Phi) is 5.65. The van der Waals surface area contributed by atoms with Gasteiger partial charge in [-0.1, -0.05) is 30.3 Å². The molecule has 170 valence electrons. The van der Waals surface area contributed by atoms with E-state index >= 15 is 0 Å². The molecule has 11 heteroatoms. The standard InChI is InChI=1S/C21H20O11/c22-9-6-11(8-4-2-1-3-5-8)30-18-13(9)10(23)7-12(14(18)24)31-21-17(27)15(25)16(26)19(32-21)20(28)29/h1-5,7,11,15-17,19,21,23-27H,6H2,(H,28,29)/t11-,15-,16-,17+,19-,21+/m1/s1. The van der Waals surface area contributed by atoms with Gasteiger partial charge in [0.05, 0.1) is 6.42 Å². The summed E-state index contributed by atoms with van der Waals surface area (Å²) < 4.78 is 16.1. The Bertz CT molecular complexity index is 1040. The van der Waals surface area contributed by atoms with Gasteiger partial charge in [-0.2, -0.15) is 0 Å². The van der Waals surface area contributed by atoms with Crippen molar-refractivity contribution in [2.24, 2.45) is 0 Å². The zero-order chi connectivity index (χ0) is 23.2. The van der Waals surface area contributed by atoms with E-state index in [-0.39, 0.29) is 17.7 Å². The summed E-state index contributed by atoms with van der Waals surface area (Å²) in [5, 5.41) is 60.0. The number of carbonyl (C=O) groups is 2. The quantitative estimate of drug-likeness (QED) is 0.348. The van der Waals surface area contributed by atoms with E-state index in [1.54, 1.807) is 30.3 Å². The molecular formula is C21H20O11. The number of fused-ring (bicyclic) bond motifs is 1. The SMILES string of the molecule is O=C1C[C@H](c2ccccc2)Oc2c(O)c(O[C@H]3O[C@@H](C(=O)O)[C@H](O)[C@@H](O)[C@@H]3O)cc(O)c21. The van der Waals surface area contributed by atoms with Crippen LogP contribution in [0.1, 0.15) is 28.4 Å². The van der Waals surface area contributed by atoms with Crippen LogP contribution in [0.25, 0.3) is 0 Å². The molecule has 0 aliphatic carbocycles. The highest BCUT2D eigenvalue weighted by Crippen LogP contribution is 2.50. The molecule has 6 N–H and O–H groups in total. The zero-order valence-corrected chi connectivity index (χ0v) is 16.4. The molecule has 0 radical (unpaired) electrons. The summed E-state index contributed by atoms with van der Waals surface area (Å²) in [6.45, 7) is 0. The van der Waals surface area contributed by atoms with Gasteiger partial charge in [0.2, 0.25) is 12.0 Å². The van der Waals surface area contributed by atoms with Crippen LogP contribution in [0.5, 0.6) is 23.0 Å². The van der Waals surface area contributed by atoms with E-state index in [1.165, 1.54) is 0 Å². The highest BCUT2D eigenvalue weighted by Gasteiger charge is 2.48. The van der Waals surface area contributed by atoms with Gasteiger partial charge in [-0.3, -0.25) is 4.79 Å². The van der Waals surface area contributed by atoms with Crippen molar-refractivity contribution in [2.75, 3.05) is 0 Å². The number of carbonyl (C=O) groups excluding carboxylic acids is 1. The molecular weight excluding hydrogens is 428 g/mol. The van der Waals surface area contributed by atoms with E-state index in [4.69, 9.17) is 19.3 Å². The van der Waals surface area contributed by atoms with Crippen LogP contribution >= 0.6 is 0 Å². The predicted octanol–water partition coefficient (Wildman–Crippen LogP) is 0.0753. The van der Waals surface area contributed by atoms with Crippen LogP contribution in [0.2, 0.25) is 0 Å². The lowest BCUT2D eigenvalue weighted by atomic mass is 9.95. The molecule has 4 rings (SSSR count). The fourth-order valence-corrected chi connectivity index (χ4v) is 3.67. The maximum absolute atomic E-state index is 12.6. The molecule has 0 spiro atoms. The average Bonchev–Trinajstić information content (AvgIpc) is 2.77. The predicted molar refractivity (Wildman–Crippen MR) is 103 cm³/mol. The second kappa shape index (κ2) is 8.28. The molecule has 11 nitrogen and oxygen atoms in total. The van der Waals surface area contributed by atoms with E-state index in [1.807, 2.05) is 0 Å². The third kappa shape index (κ3) is 3.71. The molecule has 0 bridgehead atoms. The van der Waals surface area contributed by atoms with Crippen LogP contribution in [0.4, 0.5) is 0 Å². The molecule has 6 atom stereocenters. The summed E-state index contributed by atoms with van der Waals surface area (Å²) in [5.41, 5.74) is 0.398. The summed E-state index contributed by atoms with van der Waals surface area (Å²) in [5.74, 6) is -4.24. The number of hydrogen-bond acceptors (Lipinski definition) is 10. The number of ketones is 1. The number of carboxylic acid groups (broad SMARTS) is 1. The number of hydrogen-bond donors (Lipinski definition) is 6. The van der Waals surface area contributed by atoms with Crippen molar-refractivity contribution in [3.05, 3.63) is 47.5 Å². The molecule has 0 aromatic heterocycles. The molecule has 2 aliphatic heterocycles. The van der Waals surface area contributed by atoms with Crippen LogP contribution < -0.4 is 9.47 Å². The number of ether oxygens (including phenoxy) is 3. The molecule has 1 fully saturated rings. The van der Waals surface area contributed by atoms with Gasteiger partial charge < -0.3 is 44.8 Å². The van der Waals surface area contributed by atoms with Gasteiger partial charge in [-0.15, -0.1) is 0 Å². The number of Topliss-reactive ketones (excluding diaryl/α,β-unsaturated/α-hetero) is 1. The highest BCUT2D eigenvalue weighted by atomic mass is 16.7. The second-order valence-electron chi connectivity index (χ2n) is 7.44. The molecule has 2 aliphatic rings. The molecule has 0 unspecified atom stereocenters. The van der Waals surface area contributed by atoms with E-state index in [2.05, 4.69) is 0 Å². The van der Waals surface area contributed by atoms with Gasteiger partial charge in [0.25, 0.3) is 0 Å². The summed E-state index contributed by atoms with van der Waals surface area (Å²) in [6, 6.07) is 9.60. The monoisotopic (exact) mass is 448 g/mol. The molecule has 0 saturated carbocycles. The Morgan fingerprint density at radius 3 is 2.38 bits per heavy atom. The van der Waals surface area contributed by atoms with Crippen molar-refractivity contribution in [1.29, 1.82) is 0 Å². The fraction of sp³-hybridized carbons (Fsp3) is 0.333. The number of rotatable bonds is 4. The topological polar surface area (TPSA) is 183 Å². The Morgan fingerprint density at radius 1 is 1.03 bits per heavy atom. The van der Waals surface area contributed by atoms with Crippen molar-refractivity contribution in [3.8, 4) is 23.0 Å². The maximum Gasteiger partial charge on any atom is 0.335 e. The van der Waals surface area contributed by atoms with Crippen LogP contribution in [-0.2, 0) is 9.53 Å². The van der Waals surface area contributed by atoms with E-state index in [9.17, 15) is 35.1 Å². The van der Waals surface area contributed by atoms with E-state index in [0.29, 0.717) is 5.56 Å². The summed E-state index contributed by atoms with van der Waals surface area (Å²) in [7, 11) is 0. The fourth-order valence-electron chi connectivity index (χ4n) is 3.67. The third-order valence-corrected chi connectivity index (χ3v) is 5.34. The number of aliphatic hydroxyl groups is 3. The van der Waals surface area contributed by atoms with Crippen molar-refractivity contribution >= 4 is 11.8 Å². The number of aliphatic hydroxyl groups excluding tert-OH is 3. The van der Waals surface area contributed by atoms with Crippen LogP contribution in [-0.4, -0.2) is 73.1 Å². The lowest BCUT2D eigenvalue weighted by Crippen LogP contribution is -2.61. The minimum atomic E-state index is -1.93. The van der Waals surface area contributed by atoms with Gasteiger partial charge in [-0.05, 0) is 5.56 Å². The van der Waals surface area contributed by atoms with Gasteiger partial charge in [-0.25, -0.2) is 4.79 Å². The Labute approximate surface area is 180 Å². The van der Waals surface area contributed by atoms with Crippen LogP contribution in [0.3, 0.4) is 0 Å². The first kappa shape index (κ1) is 21.8. The van der Waals surface area contributed by atoms with Crippen molar-refractivity contribution in [1.82, 2.24) is 0 Å². The van der Waals surface area contributed by atoms with E-state index in [0.717, 1.165) is 6.07 Å². The Morgan fingerprint density at radius 2 is 1.72 bits per heavy atom. The number of benzene rings is 2. The highest BCUT2D eigenvalue weighted by molar-refractivity contribution is 6.03. The number of carboxylic acids is 1. The third-order valence-electron chi connectivity index (χ3n) is 5.34. The minimum Gasteiger partial charge on any atom is -0.507 e. The number of aliphatic carboxylic acids is 1. The van der Waals surface area contributed by atoms with Gasteiger partial charge in [0.1, 0.15) is 35.7 Å². The lowest BCUT2D eigenvalue weighted by molar-refractivity contribution is -0.271. The van der Waals surface area contributed by atoms with Gasteiger partial charge in [0, 0.05) is 6.07 Å². The molecule has 32 heavy (non-hydrogen) atoms. The average molecular weight is 448 g/mol. The summed E-state index contributed by atoms with van der Waals surface area (Å²) in [4.78, 5) is 23.9. The zero-order valence-electron chi connectivity index (χ0n) is 16.4. The molecule has 1 saturated heterocycles.